The van der Waals surface area contributed by atoms with Gasteiger partial charge in [0.25, 0.3) is 0 Å². The summed E-state index contributed by atoms with van der Waals surface area (Å²) in [6, 6.07) is 7.06. The van der Waals surface area contributed by atoms with Gasteiger partial charge in [0.15, 0.2) is 0 Å². The van der Waals surface area contributed by atoms with Gasteiger partial charge >= 0.3 is 5.97 Å². The van der Waals surface area contributed by atoms with Crippen LogP contribution < -0.4 is 0 Å². The third kappa shape index (κ3) is 6.36. The summed E-state index contributed by atoms with van der Waals surface area (Å²) in [6.45, 7) is 2.16. The number of aromatic nitrogens is 3. The second-order valence-corrected chi connectivity index (χ2v) is 4.87. The third-order valence-corrected chi connectivity index (χ3v) is 2.99. The highest BCUT2D eigenvalue weighted by molar-refractivity contribution is 6.30. The summed E-state index contributed by atoms with van der Waals surface area (Å²) in [4.78, 5) is 20.4. The third-order valence-electron chi connectivity index (χ3n) is 2.74. The Hall–Kier alpha value is -2.44. The van der Waals surface area contributed by atoms with Crippen LogP contribution in [0, 0.1) is 0 Å². The molecule has 8 heteroatoms. The van der Waals surface area contributed by atoms with E-state index in [2.05, 4.69) is 15.2 Å². The minimum Gasteiger partial charge on any atom is -0.313 e. The monoisotopic (exact) mass is 366 g/mol. The Morgan fingerprint density at radius 1 is 1.33 bits per heavy atom. The molecule has 0 atom stereocenters. The van der Waals surface area contributed by atoms with E-state index < -0.39 is 5.97 Å². The van der Waals surface area contributed by atoms with Crippen molar-refractivity contribution >= 4 is 35.7 Å². The lowest BCUT2D eigenvalue weighted by Crippen LogP contribution is -2.13. The maximum Gasteiger partial charge on any atom is 0.358 e. The molecule has 0 aliphatic heterocycles. The van der Waals surface area contributed by atoms with Gasteiger partial charge in [-0.15, -0.1) is 12.4 Å². The number of carbonyl (C=O) groups excluding carboxylic acids is 1. The number of halogens is 2. The Labute approximate surface area is 150 Å². The topological polar surface area (TPSA) is 69.4 Å². The van der Waals surface area contributed by atoms with Gasteiger partial charge < -0.3 is 4.84 Å². The normalized spacial score (nSPS) is 11.7. The second kappa shape index (κ2) is 10.4. The smallest absolute Gasteiger partial charge is 0.313 e. The molecule has 0 unspecified atom stereocenters. The molecule has 24 heavy (non-hydrogen) atoms. The van der Waals surface area contributed by atoms with E-state index in [-0.39, 0.29) is 12.4 Å². The quantitative estimate of drug-likeness (QED) is 0.258. The second-order valence-electron chi connectivity index (χ2n) is 4.43. The van der Waals surface area contributed by atoms with Crippen molar-refractivity contribution in [1.82, 2.24) is 14.8 Å². The molecule has 0 saturated carbocycles. The molecule has 1 heterocycles. The van der Waals surface area contributed by atoms with Crippen molar-refractivity contribution in [2.24, 2.45) is 5.16 Å². The van der Waals surface area contributed by atoms with Crippen molar-refractivity contribution in [3.05, 3.63) is 71.8 Å². The van der Waals surface area contributed by atoms with Crippen LogP contribution in [0.3, 0.4) is 0 Å². The van der Waals surface area contributed by atoms with Gasteiger partial charge in [-0.05, 0) is 19.1 Å². The average Bonchev–Trinajstić information content (AvgIpc) is 3.05. The Morgan fingerprint density at radius 2 is 2.08 bits per heavy atom. The predicted octanol–water partition coefficient (Wildman–Crippen LogP) is 3.43. The molecule has 0 bridgehead atoms. The summed E-state index contributed by atoms with van der Waals surface area (Å²) < 4.78 is 1.58. The minimum absolute atomic E-state index is 0. The van der Waals surface area contributed by atoms with Crippen LogP contribution >= 0.6 is 24.0 Å². The molecule has 0 radical (unpaired) electrons. The zero-order valence-corrected chi connectivity index (χ0v) is 14.4. The Morgan fingerprint density at radius 3 is 2.71 bits per heavy atom. The number of carbonyl (C=O) groups is 1. The Kier molecular flexibility index (Phi) is 8.46. The van der Waals surface area contributed by atoms with Gasteiger partial charge in [-0.3, -0.25) is 0 Å². The fourth-order valence-corrected chi connectivity index (χ4v) is 1.78. The van der Waals surface area contributed by atoms with E-state index >= 15 is 0 Å². The van der Waals surface area contributed by atoms with E-state index in [4.69, 9.17) is 16.4 Å². The minimum atomic E-state index is -0.562. The highest BCUT2D eigenvalue weighted by Gasteiger charge is 2.08. The van der Waals surface area contributed by atoms with Crippen LogP contribution in [0.4, 0.5) is 0 Å². The first-order valence-electron chi connectivity index (χ1n) is 6.84. The van der Waals surface area contributed by atoms with Crippen LogP contribution in [0.2, 0.25) is 5.02 Å². The molecule has 0 N–H and O–H groups in total. The fraction of sp³-hybridized carbons (Fsp3) is 0.125. The van der Waals surface area contributed by atoms with Crippen molar-refractivity contribution in [2.45, 2.75) is 13.5 Å². The zero-order chi connectivity index (χ0) is 16.5. The molecule has 0 saturated heterocycles. The molecule has 0 aliphatic carbocycles. The van der Waals surface area contributed by atoms with E-state index in [1.54, 1.807) is 53.5 Å². The van der Waals surface area contributed by atoms with E-state index in [1.807, 2.05) is 6.92 Å². The average molecular weight is 367 g/mol. The lowest BCUT2D eigenvalue weighted by atomic mass is 10.1. The van der Waals surface area contributed by atoms with E-state index in [0.29, 0.717) is 17.3 Å². The van der Waals surface area contributed by atoms with Crippen LogP contribution in [0.25, 0.3) is 0 Å². The maximum absolute atomic E-state index is 11.6. The largest absolute Gasteiger partial charge is 0.358 e. The standard InChI is InChI=1S/C16H15ClN4O2.ClH/c1-2-3-4-5-16(22)23-20-15(10-21-12-18-11-19-21)13-6-8-14(17)9-7-13;/h2-9,11-12H,10H2,1H3;1H. The molecule has 0 spiro atoms. The number of nitrogens with zero attached hydrogens (tertiary/aromatic N) is 4. The van der Waals surface area contributed by atoms with E-state index in [0.717, 1.165) is 5.56 Å². The van der Waals surface area contributed by atoms with Crippen molar-refractivity contribution < 1.29 is 9.63 Å². The molecule has 2 aromatic rings. The van der Waals surface area contributed by atoms with Gasteiger partial charge in [-0.25, -0.2) is 14.5 Å². The van der Waals surface area contributed by atoms with Gasteiger partial charge in [-0.2, -0.15) is 5.10 Å². The zero-order valence-electron chi connectivity index (χ0n) is 12.9. The maximum atomic E-state index is 11.6. The molecule has 126 valence electrons. The molecule has 6 nitrogen and oxygen atoms in total. The SMILES string of the molecule is CC=CC=CC(=O)ON=C(Cn1cncn1)c1ccc(Cl)cc1.Cl. The number of hydrogen-bond donors (Lipinski definition) is 0. The van der Waals surface area contributed by atoms with Crippen molar-refractivity contribution in [1.29, 1.82) is 0 Å². The first-order valence-corrected chi connectivity index (χ1v) is 7.22. The molecular formula is C16H16Cl2N4O2. The van der Waals surface area contributed by atoms with Crippen LogP contribution in [0.15, 0.2) is 66.4 Å². The first kappa shape index (κ1) is 19.6. The van der Waals surface area contributed by atoms with Gasteiger partial charge in [-0.1, -0.05) is 47.1 Å². The number of hydrogen-bond acceptors (Lipinski definition) is 5. The molecule has 1 aromatic carbocycles. The van der Waals surface area contributed by atoms with Crippen molar-refractivity contribution in [3.8, 4) is 0 Å². The number of oxime groups is 1. The molecule has 0 aliphatic rings. The highest BCUT2D eigenvalue weighted by atomic mass is 35.5. The van der Waals surface area contributed by atoms with Gasteiger partial charge in [0.2, 0.25) is 0 Å². The van der Waals surface area contributed by atoms with Crippen molar-refractivity contribution in [3.63, 3.8) is 0 Å². The summed E-state index contributed by atoms with van der Waals surface area (Å²) in [6.07, 6.45) is 9.37. The number of allylic oxidation sites excluding steroid dienone is 3. The summed E-state index contributed by atoms with van der Waals surface area (Å²) in [5.41, 5.74) is 1.30. The number of rotatable bonds is 6. The van der Waals surface area contributed by atoms with Crippen LogP contribution in [0.1, 0.15) is 12.5 Å². The molecule has 0 amide bonds. The summed E-state index contributed by atoms with van der Waals surface area (Å²) in [7, 11) is 0. The summed E-state index contributed by atoms with van der Waals surface area (Å²) in [5.74, 6) is -0.562. The van der Waals surface area contributed by atoms with Crippen molar-refractivity contribution in [2.75, 3.05) is 0 Å². The van der Waals surface area contributed by atoms with Crippen LogP contribution in [0.5, 0.6) is 0 Å². The predicted molar refractivity (Wildman–Crippen MR) is 95.3 cm³/mol. The summed E-state index contributed by atoms with van der Waals surface area (Å²) in [5, 5.41) is 8.57. The van der Waals surface area contributed by atoms with Crippen LogP contribution in [-0.4, -0.2) is 26.4 Å². The van der Waals surface area contributed by atoms with Crippen LogP contribution in [-0.2, 0) is 16.2 Å². The van der Waals surface area contributed by atoms with Gasteiger partial charge in [0.1, 0.15) is 18.4 Å². The molecular weight excluding hydrogens is 351 g/mol. The van der Waals surface area contributed by atoms with E-state index in [9.17, 15) is 4.79 Å². The molecule has 1 aromatic heterocycles. The lowest BCUT2D eigenvalue weighted by molar-refractivity contribution is -0.137. The van der Waals surface area contributed by atoms with E-state index in [1.165, 1.54) is 12.4 Å². The van der Waals surface area contributed by atoms with Gasteiger partial charge in [0, 0.05) is 16.7 Å². The number of benzene rings is 1. The first-order chi connectivity index (χ1) is 11.2. The molecule has 2 rings (SSSR count). The Balaban J connectivity index is 0.00000288. The highest BCUT2D eigenvalue weighted by Crippen LogP contribution is 2.11. The molecule has 0 fully saturated rings. The summed E-state index contributed by atoms with van der Waals surface area (Å²) >= 11 is 5.89. The Bertz CT molecular complexity index is 723. The fourth-order valence-electron chi connectivity index (χ4n) is 1.66. The lowest BCUT2D eigenvalue weighted by Gasteiger charge is -2.06. The van der Waals surface area contributed by atoms with Gasteiger partial charge in [0.05, 0.1) is 6.54 Å².